The van der Waals surface area contributed by atoms with Gasteiger partial charge in [-0.1, -0.05) is 41.7 Å². The number of para-hydroxylation sites is 2. The fourth-order valence-corrected chi connectivity index (χ4v) is 7.14. The number of thiazole rings is 1. The fraction of sp³-hybridized carbons (Fsp3) is 0.259. The average molecular weight is 522 g/mol. The number of sulfonamides is 1. The van der Waals surface area contributed by atoms with E-state index in [1.807, 2.05) is 60.9 Å². The van der Waals surface area contributed by atoms with Gasteiger partial charge >= 0.3 is 0 Å². The summed E-state index contributed by atoms with van der Waals surface area (Å²) in [6.07, 6.45) is 0.683. The van der Waals surface area contributed by atoms with Crippen molar-refractivity contribution in [3.05, 3.63) is 88.2 Å². The predicted octanol–water partition coefficient (Wildman–Crippen LogP) is 4.54. The van der Waals surface area contributed by atoms with E-state index in [0.29, 0.717) is 48.8 Å². The topological polar surface area (TPSA) is 81.0 Å². The van der Waals surface area contributed by atoms with Crippen LogP contribution in [0.1, 0.15) is 28.4 Å². The lowest BCUT2D eigenvalue weighted by Crippen LogP contribution is -2.29. The van der Waals surface area contributed by atoms with Crippen molar-refractivity contribution >= 4 is 43.2 Å². The molecule has 36 heavy (non-hydrogen) atoms. The third-order valence-electron chi connectivity index (χ3n) is 6.30. The molecule has 1 aromatic heterocycles. The van der Waals surface area contributed by atoms with Crippen LogP contribution in [0.5, 0.6) is 0 Å². The molecule has 0 N–H and O–H groups in total. The molecule has 0 aliphatic carbocycles. The van der Waals surface area contributed by atoms with Gasteiger partial charge in [0.15, 0.2) is 4.80 Å². The Morgan fingerprint density at radius 2 is 1.83 bits per heavy atom. The molecule has 0 saturated heterocycles. The Kier molecular flexibility index (Phi) is 6.79. The maximum Gasteiger partial charge on any atom is 0.279 e. The van der Waals surface area contributed by atoms with Gasteiger partial charge in [-0.05, 0) is 67.8 Å². The molecule has 1 aliphatic heterocycles. The Bertz CT molecular complexity index is 1600. The Morgan fingerprint density at radius 3 is 2.61 bits per heavy atom. The third kappa shape index (κ3) is 4.50. The number of rotatable bonds is 7. The van der Waals surface area contributed by atoms with Gasteiger partial charge in [0.05, 0.1) is 27.4 Å². The highest BCUT2D eigenvalue weighted by Gasteiger charge is 2.30. The second kappa shape index (κ2) is 10.0. The Labute approximate surface area is 214 Å². The molecule has 1 amide bonds. The van der Waals surface area contributed by atoms with Crippen molar-refractivity contribution < 1.29 is 17.9 Å². The van der Waals surface area contributed by atoms with E-state index < -0.39 is 15.9 Å². The first-order valence-electron chi connectivity index (χ1n) is 11.9. The number of ether oxygens (including phenoxy) is 1. The molecule has 0 spiro atoms. The Morgan fingerprint density at radius 1 is 1.06 bits per heavy atom. The minimum atomic E-state index is -3.72. The number of carbonyl (C=O) groups is 1. The van der Waals surface area contributed by atoms with E-state index in [1.165, 1.54) is 39.9 Å². The summed E-state index contributed by atoms with van der Waals surface area (Å²) in [5, 5.41) is 0. The van der Waals surface area contributed by atoms with Gasteiger partial charge in [0.1, 0.15) is 0 Å². The van der Waals surface area contributed by atoms with Gasteiger partial charge in [-0.25, -0.2) is 8.42 Å². The molecule has 4 aromatic rings. The molecular weight excluding hydrogens is 494 g/mol. The van der Waals surface area contributed by atoms with Crippen LogP contribution in [0.15, 0.2) is 76.6 Å². The second-order valence-electron chi connectivity index (χ2n) is 8.55. The highest BCUT2D eigenvalue weighted by Crippen LogP contribution is 2.32. The molecule has 0 radical (unpaired) electrons. The van der Waals surface area contributed by atoms with E-state index in [1.54, 1.807) is 0 Å². The summed E-state index contributed by atoms with van der Waals surface area (Å²) in [6, 6.07) is 19.6. The van der Waals surface area contributed by atoms with Crippen molar-refractivity contribution in [2.24, 2.45) is 4.99 Å². The van der Waals surface area contributed by atoms with E-state index in [0.717, 1.165) is 21.3 Å². The monoisotopic (exact) mass is 521 g/mol. The van der Waals surface area contributed by atoms with E-state index in [9.17, 15) is 13.2 Å². The number of aryl methyl sites for hydroxylation is 1. The van der Waals surface area contributed by atoms with Crippen LogP contribution in [0.2, 0.25) is 0 Å². The molecule has 2 heterocycles. The summed E-state index contributed by atoms with van der Waals surface area (Å²) in [7, 11) is -3.72. The van der Waals surface area contributed by atoms with Gasteiger partial charge in [-0.3, -0.25) is 9.10 Å². The zero-order valence-corrected chi connectivity index (χ0v) is 21.8. The molecule has 9 heteroatoms. The maximum absolute atomic E-state index is 13.3. The first-order chi connectivity index (χ1) is 17.4. The SMILES string of the molecule is CCOCCn1c(=NC(=O)c2ccc(S(=O)(=O)N3CCc4ccccc43)cc2)sc2cccc(C)c21. The molecule has 186 valence electrons. The minimum Gasteiger partial charge on any atom is -0.380 e. The van der Waals surface area contributed by atoms with Crippen molar-refractivity contribution in [1.82, 2.24) is 4.57 Å². The van der Waals surface area contributed by atoms with Crippen LogP contribution in [0.3, 0.4) is 0 Å². The number of hydrogen-bond donors (Lipinski definition) is 0. The standard InChI is InChI=1S/C27H27N3O4S2/c1-3-34-18-17-29-25-19(2)7-6-10-24(25)35-27(29)28-26(31)21-11-13-22(14-12-21)36(32,33)30-16-15-20-8-4-5-9-23(20)30/h4-14H,3,15-18H2,1-2H3. The van der Waals surface area contributed by atoms with Crippen molar-refractivity contribution in [2.45, 2.75) is 31.7 Å². The number of nitrogens with zero attached hydrogens (tertiary/aromatic N) is 3. The number of fused-ring (bicyclic) bond motifs is 2. The summed E-state index contributed by atoms with van der Waals surface area (Å²) >= 11 is 1.45. The second-order valence-corrected chi connectivity index (χ2v) is 11.4. The summed E-state index contributed by atoms with van der Waals surface area (Å²) in [6.45, 7) is 6.11. The van der Waals surface area contributed by atoms with Crippen molar-refractivity contribution in [2.75, 3.05) is 24.1 Å². The van der Waals surface area contributed by atoms with Gasteiger partial charge in [-0.15, -0.1) is 0 Å². The smallest absolute Gasteiger partial charge is 0.279 e. The third-order valence-corrected chi connectivity index (χ3v) is 9.17. The van der Waals surface area contributed by atoms with Crippen LogP contribution in [0.4, 0.5) is 5.69 Å². The molecule has 0 bridgehead atoms. The molecule has 0 atom stereocenters. The van der Waals surface area contributed by atoms with Crippen molar-refractivity contribution in [3.8, 4) is 0 Å². The molecule has 0 saturated carbocycles. The summed E-state index contributed by atoms with van der Waals surface area (Å²) in [5.41, 5.74) is 4.21. The molecular formula is C27H27N3O4S2. The lowest BCUT2D eigenvalue weighted by Gasteiger charge is -2.19. The first-order valence-corrected chi connectivity index (χ1v) is 14.1. The zero-order valence-electron chi connectivity index (χ0n) is 20.2. The average Bonchev–Trinajstić information content (AvgIpc) is 3.47. The minimum absolute atomic E-state index is 0.153. The molecule has 1 aliphatic rings. The predicted molar refractivity (Wildman–Crippen MR) is 142 cm³/mol. The normalized spacial score (nSPS) is 13.9. The zero-order chi connectivity index (χ0) is 25.3. The molecule has 3 aromatic carbocycles. The van der Waals surface area contributed by atoms with Crippen LogP contribution in [-0.4, -0.2) is 38.7 Å². The van der Waals surface area contributed by atoms with E-state index in [4.69, 9.17) is 4.74 Å². The Balaban J connectivity index is 1.45. The summed E-state index contributed by atoms with van der Waals surface area (Å²) < 4.78 is 36.6. The van der Waals surface area contributed by atoms with Crippen molar-refractivity contribution in [1.29, 1.82) is 0 Å². The van der Waals surface area contributed by atoms with Crippen LogP contribution in [0, 0.1) is 6.92 Å². The van der Waals surface area contributed by atoms with Crippen LogP contribution < -0.4 is 9.11 Å². The van der Waals surface area contributed by atoms with Crippen LogP contribution >= 0.6 is 11.3 Å². The quantitative estimate of drug-likeness (QED) is 0.335. The lowest BCUT2D eigenvalue weighted by atomic mass is 10.2. The highest BCUT2D eigenvalue weighted by atomic mass is 32.2. The van der Waals surface area contributed by atoms with Crippen molar-refractivity contribution in [3.63, 3.8) is 0 Å². The molecule has 0 unspecified atom stereocenters. The van der Waals surface area contributed by atoms with E-state index in [-0.39, 0.29) is 4.90 Å². The summed E-state index contributed by atoms with van der Waals surface area (Å²) in [4.78, 5) is 18.2. The largest absolute Gasteiger partial charge is 0.380 e. The van der Waals surface area contributed by atoms with Crippen LogP contribution in [0.25, 0.3) is 10.2 Å². The van der Waals surface area contributed by atoms with E-state index in [2.05, 4.69) is 4.99 Å². The molecule has 5 rings (SSSR count). The number of hydrogen-bond acceptors (Lipinski definition) is 5. The number of amides is 1. The van der Waals surface area contributed by atoms with Gasteiger partial charge in [0.2, 0.25) is 0 Å². The highest BCUT2D eigenvalue weighted by molar-refractivity contribution is 7.92. The number of carbonyl (C=O) groups excluding carboxylic acids is 1. The van der Waals surface area contributed by atoms with E-state index >= 15 is 0 Å². The summed E-state index contributed by atoms with van der Waals surface area (Å²) in [5.74, 6) is -0.417. The van der Waals surface area contributed by atoms with Gasteiger partial charge in [-0.2, -0.15) is 4.99 Å². The van der Waals surface area contributed by atoms with Crippen LogP contribution in [-0.2, 0) is 27.7 Å². The van der Waals surface area contributed by atoms with Gasteiger partial charge in [0, 0.05) is 25.3 Å². The number of anilines is 1. The Hall–Kier alpha value is -3.27. The fourth-order valence-electron chi connectivity index (χ4n) is 4.51. The number of benzene rings is 3. The van der Waals surface area contributed by atoms with Gasteiger partial charge < -0.3 is 9.30 Å². The van der Waals surface area contributed by atoms with Gasteiger partial charge in [0.25, 0.3) is 15.9 Å². The first kappa shape index (κ1) is 24.4. The lowest BCUT2D eigenvalue weighted by molar-refractivity contribution is 0.0996. The number of aromatic nitrogens is 1. The molecule has 7 nitrogen and oxygen atoms in total. The maximum atomic E-state index is 13.3. The molecule has 0 fully saturated rings.